The number of hydrogen-bond donors (Lipinski definition) is 0. The number of piperidine rings is 1. The van der Waals surface area contributed by atoms with Crippen molar-refractivity contribution in [3.05, 3.63) is 59.9 Å². The Morgan fingerprint density at radius 1 is 1.04 bits per heavy atom. The highest BCUT2D eigenvalue weighted by Gasteiger charge is 2.36. The van der Waals surface area contributed by atoms with Crippen molar-refractivity contribution in [2.24, 2.45) is 5.92 Å². The van der Waals surface area contributed by atoms with Crippen LogP contribution >= 0.6 is 0 Å². The van der Waals surface area contributed by atoms with Crippen molar-refractivity contribution < 1.29 is 4.79 Å². The summed E-state index contributed by atoms with van der Waals surface area (Å²) < 4.78 is 2.13. The molecule has 0 spiro atoms. The Balaban J connectivity index is 1.48. The van der Waals surface area contributed by atoms with Gasteiger partial charge in [-0.1, -0.05) is 30.3 Å². The highest BCUT2D eigenvalue weighted by Crippen LogP contribution is 2.30. The Kier molecular flexibility index (Phi) is 4.85. The molecule has 1 amide bonds. The monoisotopic (exact) mass is 365 g/mol. The Labute approximate surface area is 162 Å². The quantitative estimate of drug-likeness (QED) is 0.823. The molecule has 4 nitrogen and oxygen atoms in total. The molecule has 0 saturated carbocycles. The largest absolute Gasteiger partial charge is 0.348 e. The molecule has 0 unspecified atom stereocenters. The van der Waals surface area contributed by atoms with Gasteiger partial charge in [0.1, 0.15) is 0 Å². The standard InChI is InChI=1S/C23H31N3O/c1-23(2,3)26-12-11-20(16-26)22(27)25-15-19-9-10-21(17-25)24(14-19)13-18-7-5-4-6-8-18/h4-8,11-12,16,19,21H,9-10,13-15,17H2,1-3H3/t19-,21-/m0/s1. The van der Waals surface area contributed by atoms with E-state index in [9.17, 15) is 4.79 Å². The highest BCUT2D eigenvalue weighted by atomic mass is 16.2. The molecule has 3 aliphatic heterocycles. The van der Waals surface area contributed by atoms with Crippen LogP contribution in [0.2, 0.25) is 0 Å². The van der Waals surface area contributed by atoms with Crippen molar-refractivity contribution in [3.8, 4) is 0 Å². The molecule has 27 heavy (non-hydrogen) atoms. The molecule has 3 fully saturated rings. The van der Waals surface area contributed by atoms with Crippen LogP contribution in [0.15, 0.2) is 48.8 Å². The van der Waals surface area contributed by atoms with Crippen LogP contribution in [0.25, 0.3) is 0 Å². The van der Waals surface area contributed by atoms with Crippen LogP contribution in [0.3, 0.4) is 0 Å². The van der Waals surface area contributed by atoms with Crippen LogP contribution in [0.1, 0.15) is 49.5 Å². The molecule has 4 heterocycles. The van der Waals surface area contributed by atoms with Crippen LogP contribution < -0.4 is 0 Å². The van der Waals surface area contributed by atoms with Gasteiger partial charge in [0.05, 0.1) is 5.56 Å². The van der Waals surface area contributed by atoms with E-state index < -0.39 is 0 Å². The van der Waals surface area contributed by atoms with Gasteiger partial charge in [-0.15, -0.1) is 0 Å². The average Bonchev–Trinajstić information content (AvgIpc) is 2.98. The van der Waals surface area contributed by atoms with Gasteiger partial charge in [-0.2, -0.15) is 0 Å². The van der Waals surface area contributed by atoms with Crippen LogP contribution in [0, 0.1) is 5.92 Å². The first-order chi connectivity index (χ1) is 12.9. The molecule has 0 radical (unpaired) electrons. The van der Waals surface area contributed by atoms with E-state index in [-0.39, 0.29) is 11.4 Å². The van der Waals surface area contributed by atoms with E-state index in [0.29, 0.717) is 12.0 Å². The molecule has 3 saturated heterocycles. The lowest BCUT2D eigenvalue weighted by molar-refractivity contribution is 0.0736. The molecular formula is C23H31N3O. The molecule has 1 aromatic carbocycles. The lowest BCUT2D eigenvalue weighted by atomic mass is 9.94. The highest BCUT2D eigenvalue weighted by molar-refractivity contribution is 5.94. The van der Waals surface area contributed by atoms with Crippen LogP contribution in [0.5, 0.6) is 0 Å². The third kappa shape index (κ3) is 3.96. The number of benzene rings is 1. The Bertz CT molecular complexity index is 789. The van der Waals surface area contributed by atoms with Crippen molar-refractivity contribution >= 4 is 5.91 Å². The molecular weight excluding hydrogens is 334 g/mol. The fourth-order valence-electron chi connectivity index (χ4n) is 4.48. The van der Waals surface area contributed by atoms with E-state index in [1.54, 1.807) is 0 Å². The lowest BCUT2D eigenvalue weighted by Crippen LogP contribution is -2.43. The van der Waals surface area contributed by atoms with Gasteiger partial charge in [-0.25, -0.2) is 0 Å². The van der Waals surface area contributed by atoms with Crippen molar-refractivity contribution in [2.75, 3.05) is 19.6 Å². The maximum absolute atomic E-state index is 13.2. The molecule has 0 aliphatic carbocycles. The first-order valence-electron chi connectivity index (χ1n) is 10.2. The van der Waals surface area contributed by atoms with Crippen molar-refractivity contribution in [2.45, 2.75) is 51.7 Å². The smallest absolute Gasteiger partial charge is 0.255 e. The van der Waals surface area contributed by atoms with Gasteiger partial charge < -0.3 is 9.47 Å². The molecule has 4 heteroatoms. The molecule has 2 atom stereocenters. The van der Waals surface area contributed by atoms with Gasteiger partial charge in [-0.05, 0) is 51.2 Å². The molecule has 2 aromatic rings. The van der Waals surface area contributed by atoms with Gasteiger partial charge in [0.15, 0.2) is 0 Å². The first-order valence-corrected chi connectivity index (χ1v) is 10.2. The van der Waals surface area contributed by atoms with Crippen molar-refractivity contribution in [1.29, 1.82) is 0 Å². The summed E-state index contributed by atoms with van der Waals surface area (Å²) in [5, 5.41) is 0. The summed E-state index contributed by atoms with van der Waals surface area (Å²) in [5.74, 6) is 0.776. The maximum atomic E-state index is 13.2. The number of amides is 1. The predicted octanol–water partition coefficient (Wildman–Crippen LogP) is 3.98. The second-order valence-electron chi connectivity index (χ2n) is 9.20. The summed E-state index contributed by atoms with van der Waals surface area (Å²) in [4.78, 5) is 17.9. The number of carbonyl (C=O) groups is 1. The molecule has 1 aromatic heterocycles. The number of aromatic nitrogens is 1. The Morgan fingerprint density at radius 3 is 2.52 bits per heavy atom. The summed E-state index contributed by atoms with van der Waals surface area (Å²) in [5.41, 5.74) is 2.19. The number of hydrogen-bond acceptors (Lipinski definition) is 2. The van der Waals surface area contributed by atoms with E-state index in [4.69, 9.17) is 0 Å². The van der Waals surface area contributed by atoms with E-state index in [2.05, 4.69) is 65.5 Å². The Morgan fingerprint density at radius 2 is 1.81 bits per heavy atom. The third-order valence-corrected chi connectivity index (χ3v) is 6.06. The van der Waals surface area contributed by atoms with E-state index in [1.165, 1.54) is 18.4 Å². The van der Waals surface area contributed by atoms with Gasteiger partial charge in [0.25, 0.3) is 5.91 Å². The van der Waals surface area contributed by atoms with Crippen LogP contribution in [-0.4, -0.2) is 46.0 Å². The predicted molar refractivity (Wildman–Crippen MR) is 109 cm³/mol. The zero-order chi connectivity index (χ0) is 19.0. The minimum absolute atomic E-state index is 0.00281. The first kappa shape index (κ1) is 18.3. The third-order valence-electron chi connectivity index (χ3n) is 6.06. The van der Waals surface area contributed by atoms with Gasteiger partial charge >= 0.3 is 0 Å². The Hall–Kier alpha value is -2.07. The normalized spacial score (nSPS) is 23.4. The zero-order valence-corrected chi connectivity index (χ0v) is 16.8. The van der Waals surface area contributed by atoms with Crippen molar-refractivity contribution in [1.82, 2.24) is 14.4 Å². The maximum Gasteiger partial charge on any atom is 0.255 e. The summed E-state index contributed by atoms with van der Waals surface area (Å²) >= 11 is 0. The summed E-state index contributed by atoms with van der Waals surface area (Å²) in [6.45, 7) is 10.3. The SMILES string of the molecule is CC(C)(C)n1ccc(C(=O)N2C[C@H]3CC[C@@H](C2)N(Cc2ccccc2)C3)c1. The minimum Gasteiger partial charge on any atom is -0.348 e. The topological polar surface area (TPSA) is 28.5 Å². The van der Waals surface area contributed by atoms with Crippen molar-refractivity contribution in [3.63, 3.8) is 0 Å². The van der Waals surface area contributed by atoms with E-state index in [1.807, 2.05) is 18.5 Å². The van der Waals surface area contributed by atoms with Gasteiger partial charge in [0, 0.05) is 50.2 Å². The number of nitrogens with zero attached hydrogens (tertiary/aromatic N) is 3. The minimum atomic E-state index is 0.00281. The molecule has 144 valence electrons. The number of rotatable bonds is 3. The number of carbonyl (C=O) groups excluding carboxylic acids is 1. The zero-order valence-electron chi connectivity index (χ0n) is 16.8. The average molecular weight is 366 g/mol. The fraction of sp³-hybridized carbons (Fsp3) is 0.522. The summed E-state index contributed by atoms with van der Waals surface area (Å²) in [7, 11) is 0. The van der Waals surface area contributed by atoms with Gasteiger partial charge in [-0.3, -0.25) is 9.69 Å². The lowest BCUT2D eigenvalue weighted by Gasteiger charge is -2.36. The van der Waals surface area contributed by atoms with Crippen LogP contribution in [0.4, 0.5) is 0 Å². The van der Waals surface area contributed by atoms with Crippen LogP contribution in [-0.2, 0) is 12.1 Å². The second kappa shape index (κ2) is 7.16. The summed E-state index contributed by atoms with van der Waals surface area (Å²) in [6.07, 6.45) is 6.48. The van der Waals surface area contributed by atoms with E-state index >= 15 is 0 Å². The molecule has 2 bridgehead atoms. The second-order valence-corrected chi connectivity index (χ2v) is 9.20. The molecule has 3 aliphatic rings. The number of fused-ring (bicyclic) bond motifs is 4. The molecule has 0 N–H and O–H groups in total. The van der Waals surface area contributed by atoms with E-state index in [0.717, 1.165) is 31.7 Å². The van der Waals surface area contributed by atoms with Gasteiger partial charge in [0.2, 0.25) is 0 Å². The summed E-state index contributed by atoms with van der Waals surface area (Å²) in [6, 6.07) is 13.2. The molecule has 5 rings (SSSR count). The fourth-order valence-corrected chi connectivity index (χ4v) is 4.48.